The molecule has 2 nitrogen and oxygen atoms in total. The Morgan fingerprint density at radius 2 is 1.18 bits per heavy atom. The fraction of sp³-hybridized carbons (Fsp3) is 0.667. The summed E-state index contributed by atoms with van der Waals surface area (Å²) in [7, 11) is 9.63. The van der Waals surface area contributed by atoms with E-state index in [-0.39, 0.29) is 15.9 Å². The number of rotatable bonds is 0. The fourth-order valence-corrected chi connectivity index (χ4v) is 0. The average molecular weight is 287 g/mol. The summed E-state index contributed by atoms with van der Waals surface area (Å²) in [5.74, 6) is 0. The molecule has 0 atom stereocenters. The van der Waals surface area contributed by atoms with Gasteiger partial charge in [-0.2, -0.15) is 10.5 Å². The molecule has 0 unspecified atom stereocenters. The summed E-state index contributed by atoms with van der Waals surface area (Å²) in [6.45, 7) is 3.64. The van der Waals surface area contributed by atoms with Crippen molar-refractivity contribution in [1.82, 2.24) is 0 Å². The summed E-state index contributed by atoms with van der Waals surface area (Å²) in [6.07, 6.45) is 1.25. The molecule has 0 aromatic heterocycles. The molecular formula is C6H10Cl2N2Pd. The van der Waals surface area contributed by atoms with Crippen LogP contribution in [-0.2, 0) is 15.9 Å². The van der Waals surface area contributed by atoms with Gasteiger partial charge in [-0.3, -0.25) is 0 Å². The molecule has 0 fully saturated rings. The van der Waals surface area contributed by atoms with Crippen molar-refractivity contribution in [2.24, 2.45) is 0 Å². The van der Waals surface area contributed by atoms with Crippen molar-refractivity contribution in [2.45, 2.75) is 26.7 Å². The third-order valence-corrected chi connectivity index (χ3v) is 0.316. The molecule has 0 saturated carbocycles. The number of hydrogen-bond acceptors (Lipinski definition) is 2. The summed E-state index contributed by atoms with van der Waals surface area (Å²) in [5.41, 5.74) is 0. The van der Waals surface area contributed by atoms with Crippen LogP contribution < -0.4 is 0 Å². The molecule has 0 aromatic rings. The van der Waals surface area contributed by atoms with Crippen molar-refractivity contribution in [1.29, 1.82) is 10.5 Å². The van der Waals surface area contributed by atoms with Crippen molar-refractivity contribution in [3.63, 3.8) is 0 Å². The van der Waals surface area contributed by atoms with E-state index >= 15 is 0 Å². The van der Waals surface area contributed by atoms with Gasteiger partial charge in [0.15, 0.2) is 0 Å². The molecule has 0 rings (SSSR count). The molecule has 0 aliphatic carbocycles. The first-order valence-electron chi connectivity index (χ1n) is 2.81. The SMILES string of the molecule is CCC#N.CCC#N.[Cl][Pd][Cl]. The maximum atomic E-state index is 7.62. The van der Waals surface area contributed by atoms with Gasteiger partial charge in [0, 0.05) is 12.8 Å². The first-order valence-corrected chi connectivity index (χ1v) is 6.81. The molecule has 5 heteroatoms. The van der Waals surface area contributed by atoms with Gasteiger partial charge in [0.1, 0.15) is 0 Å². The van der Waals surface area contributed by atoms with Crippen molar-refractivity contribution >= 4 is 19.1 Å². The Morgan fingerprint density at radius 1 is 1.09 bits per heavy atom. The Balaban J connectivity index is -0.0000000886. The Labute approximate surface area is 84.2 Å². The van der Waals surface area contributed by atoms with E-state index in [1.165, 1.54) is 0 Å². The van der Waals surface area contributed by atoms with Crippen molar-refractivity contribution < 1.29 is 15.9 Å². The third-order valence-electron chi connectivity index (χ3n) is 0.316. The predicted octanol–water partition coefficient (Wildman–Crippen LogP) is 3.22. The van der Waals surface area contributed by atoms with Gasteiger partial charge in [-0.25, -0.2) is 0 Å². The van der Waals surface area contributed by atoms with Crippen LogP contribution in [0.1, 0.15) is 26.7 Å². The van der Waals surface area contributed by atoms with Crippen LogP contribution in [0, 0.1) is 22.7 Å². The third kappa shape index (κ3) is 140. The molecule has 0 heterocycles. The quantitative estimate of drug-likeness (QED) is 0.642. The summed E-state index contributed by atoms with van der Waals surface area (Å²) in [4.78, 5) is 0. The first kappa shape index (κ1) is 17.3. The van der Waals surface area contributed by atoms with E-state index in [9.17, 15) is 0 Å². The van der Waals surface area contributed by atoms with Crippen LogP contribution in [-0.4, -0.2) is 0 Å². The molecule has 0 bridgehead atoms. The number of nitrogens with zero attached hydrogens (tertiary/aromatic N) is 2. The minimum absolute atomic E-state index is 0.106. The van der Waals surface area contributed by atoms with Crippen LogP contribution >= 0.6 is 19.1 Å². The van der Waals surface area contributed by atoms with Gasteiger partial charge >= 0.3 is 35.0 Å². The van der Waals surface area contributed by atoms with Crippen LogP contribution in [0.25, 0.3) is 0 Å². The second-order valence-electron chi connectivity index (χ2n) is 1.07. The maximum absolute atomic E-state index is 7.62. The molecule has 0 aromatic carbocycles. The molecule has 0 aliphatic heterocycles. The average Bonchev–Trinajstić information content (AvgIpc) is 2.06. The van der Waals surface area contributed by atoms with E-state index in [1.54, 1.807) is 0 Å². The number of halogens is 2. The Hall–Kier alpha value is 0.222. The molecule has 0 aliphatic rings. The van der Waals surface area contributed by atoms with Gasteiger partial charge in [-0.05, 0) is 0 Å². The van der Waals surface area contributed by atoms with E-state index < -0.39 is 0 Å². The summed E-state index contributed by atoms with van der Waals surface area (Å²) in [6, 6.07) is 3.86. The predicted molar refractivity (Wildman–Crippen MR) is 43.5 cm³/mol. The zero-order valence-corrected chi connectivity index (χ0v) is 9.45. The summed E-state index contributed by atoms with van der Waals surface area (Å²) in [5, 5.41) is 15.2. The van der Waals surface area contributed by atoms with Crippen molar-refractivity contribution in [2.75, 3.05) is 0 Å². The molecule has 11 heavy (non-hydrogen) atoms. The van der Waals surface area contributed by atoms with Crippen LogP contribution in [0.3, 0.4) is 0 Å². The first-order chi connectivity index (χ1) is 5.24. The van der Waals surface area contributed by atoms with Gasteiger partial charge in [0.25, 0.3) is 0 Å². The van der Waals surface area contributed by atoms with Crippen LogP contribution in [0.2, 0.25) is 0 Å². The Bertz CT molecular complexity index is 103. The van der Waals surface area contributed by atoms with Gasteiger partial charge in [-0.1, -0.05) is 13.8 Å². The monoisotopic (exact) mass is 286 g/mol. The van der Waals surface area contributed by atoms with Crippen LogP contribution in [0.4, 0.5) is 0 Å². The second kappa shape index (κ2) is 31.9. The van der Waals surface area contributed by atoms with Crippen LogP contribution in [0.5, 0.6) is 0 Å². The van der Waals surface area contributed by atoms with Crippen LogP contribution in [0.15, 0.2) is 0 Å². The normalized spacial score (nSPS) is 5.64. The molecule has 0 N–H and O–H groups in total. The molecule has 0 amide bonds. The van der Waals surface area contributed by atoms with Crippen molar-refractivity contribution in [3.05, 3.63) is 0 Å². The Morgan fingerprint density at radius 3 is 1.18 bits per heavy atom. The molecule has 0 spiro atoms. The fourth-order valence-electron chi connectivity index (χ4n) is 0. The van der Waals surface area contributed by atoms with E-state index in [0.29, 0.717) is 12.8 Å². The van der Waals surface area contributed by atoms with E-state index in [1.807, 2.05) is 26.0 Å². The number of nitriles is 2. The van der Waals surface area contributed by atoms with Gasteiger partial charge < -0.3 is 0 Å². The molecule has 0 radical (unpaired) electrons. The standard InChI is InChI=1S/2C3H5N.2ClH.Pd/c2*1-2-3-4;;;/h2*2H2,1H3;2*1H;/q;;;;+2/p-2. The zero-order valence-electron chi connectivity index (χ0n) is 6.38. The van der Waals surface area contributed by atoms with E-state index in [4.69, 9.17) is 29.6 Å². The van der Waals surface area contributed by atoms with E-state index in [0.717, 1.165) is 0 Å². The summed E-state index contributed by atoms with van der Waals surface area (Å²) >= 11 is -0.106. The van der Waals surface area contributed by atoms with Gasteiger partial charge in [-0.15, -0.1) is 0 Å². The Kier molecular flexibility index (Phi) is 50.3. The molecular weight excluding hydrogens is 277 g/mol. The van der Waals surface area contributed by atoms with Gasteiger partial charge in [0.05, 0.1) is 12.1 Å². The zero-order chi connectivity index (χ0) is 9.54. The molecule has 0 saturated heterocycles. The van der Waals surface area contributed by atoms with Gasteiger partial charge in [0.2, 0.25) is 0 Å². The summed E-state index contributed by atoms with van der Waals surface area (Å²) < 4.78 is 0. The van der Waals surface area contributed by atoms with E-state index in [2.05, 4.69) is 0 Å². The topological polar surface area (TPSA) is 47.6 Å². The van der Waals surface area contributed by atoms with Crippen molar-refractivity contribution in [3.8, 4) is 12.1 Å². The second-order valence-corrected chi connectivity index (χ2v) is 3.43. The number of hydrogen-bond donors (Lipinski definition) is 0. The molecule has 68 valence electrons. The minimum atomic E-state index is -0.106.